The minimum Gasteiger partial charge on any atom is -0.472 e. The molecule has 5 nitrogen and oxygen atoms in total. The molecule has 0 radical (unpaired) electrons. The van der Waals surface area contributed by atoms with Gasteiger partial charge in [0.2, 0.25) is 0 Å². The average Bonchev–Trinajstić information content (AvgIpc) is 2.92. The number of furan rings is 1. The molecule has 1 saturated carbocycles. The van der Waals surface area contributed by atoms with Gasteiger partial charge in [-0.25, -0.2) is 0 Å². The van der Waals surface area contributed by atoms with Gasteiger partial charge in [0.15, 0.2) is 0 Å². The van der Waals surface area contributed by atoms with E-state index in [1.54, 1.807) is 6.26 Å². The molecule has 2 aliphatic rings. The first-order valence-electron chi connectivity index (χ1n) is 8.62. The van der Waals surface area contributed by atoms with E-state index in [2.05, 4.69) is 22.3 Å². The first-order chi connectivity index (χ1) is 11.3. The topological polar surface area (TPSA) is 43.4 Å². The Labute approximate surface area is 137 Å². The van der Waals surface area contributed by atoms with E-state index in [4.69, 9.17) is 9.15 Å². The molecule has 1 saturated heterocycles. The normalized spacial score (nSPS) is 25.3. The van der Waals surface area contributed by atoms with E-state index in [0.29, 0.717) is 12.1 Å². The zero-order valence-electron chi connectivity index (χ0n) is 13.7. The zero-order valence-corrected chi connectivity index (χ0v) is 13.7. The summed E-state index contributed by atoms with van der Waals surface area (Å²) in [5.41, 5.74) is 2.53. The first-order valence-corrected chi connectivity index (χ1v) is 8.62. The average molecular weight is 315 g/mol. The number of rotatable bonds is 7. The maximum Gasteiger partial charge on any atom is 0.0947 e. The highest BCUT2D eigenvalue weighted by molar-refractivity contribution is 5.11. The van der Waals surface area contributed by atoms with Gasteiger partial charge in [0.1, 0.15) is 0 Å². The van der Waals surface area contributed by atoms with Crippen LogP contribution in [-0.2, 0) is 24.8 Å². The Hall–Kier alpha value is -1.59. The molecule has 0 bridgehead atoms. The molecule has 1 aliphatic heterocycles. The molecule has 23 heavy (non-hydrogen) atoms. The lowest BCUT2D eigenvalue weighted by Crippen LogP contribution is -2.38. The lowest BCUT2D eigenvalue weighted by atomic mass is 10.0. The molecule has 2 fully saturated rings. The largest absolute Gasteiger partial charge is 0.472 e. The van der Waals surface area contributed by atoms with Crippen LogP contribution in [0, 0.1) is 5.92 Å². The van der Waals surface area contributed by atoms with E-state index in [1.807, 2.05) is 24.2 Å². The summed E-state index contributed by atoms with van der Waals surface area (Å²) < 4.78 is 13.4. The van der Waals surface area contributed by atoms with Crippen LogP contribution >= 0.6 is 0 Å². The van der Waals surface area contributed by atoms with Crippen LogP contribution in [0.5, 0.6) is 0 Å². The van der Waals surface area contributed by atoms with Crippen molar-refractivity contribution in [3.8, 4) is 0 Å². The lowest BCUT2D eigenvalue weighted by Gasteiger charge is -2.27. The van der Waals surface area contributed by atoms with Crippen LogP contribution in [0.25, 0.3) is 0 Å². The van der Waals surface area contributed by atoms with E-state index < -0.39 is 0 Å². The molecule has 0 amide bonds. The van der Waals surface area contributed by atoms with Gasteiger partial charge in [-0.3, -0.25) is 9.58 Å². The minimum absolute atomic E-state index is 0.336. The Bertz CT molecular complexity index is 618. The van der Waals surface area contributed by atoms with Gasteiger partial charge in [-0.05, 0) is 43.2 Å². The molecule has 1 aliphatic carbocycles. The number of ether oxygens (including phenoxy) is 1. The standard InChI is InChI=1S/C18H25N3O2/c1-20-10-16(9-19-20)8-17-18(23-13-14-2-3-14)4-6-21(17)11-15-5-7-22-12-15/h5,7,9-10,12,14,17-18H,2-4,6,8,11,13H2,1H3/t17-,18+/m1/s1. The fourth-order valence-corrected chi connectivity index (χ4v) is 3.52. The molecule has 124 valence electrons. The van der Waals surface area contributed by atoms with Crippen molar-refractivity contribution in [3.63, 3.8) is 0 Å². The molecule has 0 unspecified atom stereocenters. The fraction of sp³-hybridized carbons (Fsp3) is 0.611. The van der Waals surface area contributed by atoms with Crippen LogP contribution in [-0.4, -0.2) is 40.0 Å². The van der Waals surface area contributed by atoms with Gasteiger partial charge in [0.05, 0.1) is 24.8 Å². The molecule has 0 N–H and O–H groups in total. The first kappa shape index (κ1) is 15.0. The molecule has 2 aromatic heterocycles. The smallest absolute Gasteiger partial charge is 0.0947 e. The third-order valence-corrected chi connectivity index (χ3v) is 5.01. The van der Waals surface area contributed by atoms with Gasteiger partial charge >= 0.3 is 0 Å². The molecule has 4 rings (SSSR count). The van der Waals surface area contributed by atoms with Crippen molar-refractivity contribution in [1.29, 1.82) is 0 Å². The number of hydrogen-bond donors (Lipinski definition) is 0. The van der Waals surface area contributed by atoms with Crippen molar-refractivity contribution >= 4 is 0 Å². The SMILES string of the molecule is Cn1cc(C[C@@H]2[C@@H](OCC3CC3)CCN2Cc2ccoc2)cn1. The van der Waals surface area contributed by atoms with Crippen LogP contribution in [0.4, 0.5) is 0 Å². The Morgan fingerprint density at radius 2 is 2.22 bits per heavy atom. The second kappa shape index (κ2) is 6.49. The third kappa shape index (κ3) is 3.67. The zero-order chi connectivity index (χ0) is 15.6. The Kier molecular flexibility index (Phi) is 4.23. The quantitative estimate of drug-likeness (QED) is 0.788. The second-order valence-electron chi connectivity index (χ2n) is 7.00. The predicted octanol–water partition coefficient (Wildman–Crippen LogP) is 2.63. The summed E-state index contributed by atoms with van der Waals surface area (Å²) in [6.07, 6.45) is 12.8. The summed E-state index contributed by atoms with van der Waals surface area (Å²) in [4.78, 5) is 2.54. The molecule has 0 spiro atoms. The number of aromatic nitrogens is 2. The third-order valence-electron chi connectivity index (χ3n) is 5.01. The Morgan fingerprint density at radius 1 is 1.30 bits per heavy atom. The van der Waals surface area contributed by atoms with E-state index in [9.17, 15) is 0 Å². The predicted molar refractivity (Wildman–Crippen MR) is 86.9 cm³/mol. The van der Waals surface area contributed by atoms with Gasteiger partial charge in [-0.15, -0.1) is 0 Å². The van der Waals surface area contributed by atoms with Crippen LogP contribution in [0.15, 0.2) is 35.4 Å². The molecule has 2 aromatic rings. The highest BCUT2D eigenvalue weighted by atomic mass is 16.5. The van der Waals surface area contributed by atoms with E-state index in [0.717, 1.165) is 38.5 Å². The highest BCUT2D eigenvalue weighted by Crippen LogP contribution is 2.32. The van der Waals surface area contributed by atoms with Crippen LogP contribution in [0.3, 0.4) is 0 Å². The Morgan fingerprint density at radius 3 is 2.91 bits per heavy atom. The molecule has 5 heteroatoms. The summed E-state index contributed by atoms with van der Waals surface area (Å²) in [6.45, 7) is 2.96. The number of nitrogens with zero attached hydrogens (tertiary/aromatic N) is 3. The minimum atomic E-state index is 0.336. The van der Waals surface area contributed by atoms with Gasteiger partial charge < -0.3 is 9.15 Å². The van der Waals surface area contributed by atoms with E-state index >= 15 is 0 Å². The van der Waals surface area contributed by atoms with Crippen molar-refractivity contribution in [2.24, 2.45) is 13.0 Å². The van der Waals surface area contributed by atoms with Crippen molar-refractivity contribution in [3.05, 3.63) is 42.1 Å². The number of likely N-dealkylation sites (tertiary alicyclic amines) is 1. The van der Waals surface area contributed by atoms with Gasteiger partial charge in [-0.2, -0.15) is 5.10 Å². The maximum absolute atomic E-state index is 6.28. The molecular weight excluding hydrogens is 290 g/mol. The maximum atomic E-state index is 6.28. The summed E-state index contributed by atoms with van der Waals surface area (Å²) in [5, 5.41) is 4.31. The number of aryl methyl sites for hydroxylation is 1. The number of hydrogen-bond acceptors (Lipinski definition) is 4. The summed E-state index contributed by atoms with van der Waals surface area (Å²) in [7, 11) is 1.97. The van der Waals surface area contributed by atoms with E-state index in [-0.39, 0.29) is 0 Å². The fourth-order valence-electron chi connectivity index (χ4n) is 3.52. The van der Waals surface area contributed by atoms with Crippen molar-refractivity contribution in [2.45, 2.75) is 44.4 Å². The van der Waals surface area contributed by atoms with Crippen LogP contribution in [0.2, 0.25) is 0 Å². The van der Waals surface area contributed by atoms with Gasteiger partial charge in [-0.1, -0.05) is 0 Å². The van der Waals surface area contributed by atoms with Gasteiger partial charge in [0, 0.05) is 44.5 Å². The van der Waals surface area contributed by atoms with Gasteiger partial charge in [0.25, 0.3) is 0 Å². The molecule has 2 atom stereocenters. The van der Waals surface area contributed by atoms with E-state index in [1.165, 1.54) is 24.0 Å². The van der Waals surface area contributed by atoms with Crippen molar-refractivity contribution in [1.82, 2.24) is 14.7 Å². The van der Waals surface area contributed by atoms with Crippen LogP contribution < -0.4 is 0 Å². The van der Waals surface area contributed by atoms with Crippen molar-refractivity contribution < 1.29 is 9.15 Å². The molecule has 3 heterocycles. The van der Waals surface area contributed by atoms with Crippen LogP contribution in [0.1, 0.15) is 30.4 Å². The summed E-state index contributed by atoms with van der Waals surface area (Å²) in [6, 6.07) is 2.48. The summed E-state index contributed by atoms with van der Waals surface area (Å²) >= 11 is 0. The lowest BCUT2D eigenvalue weighted by molar-refractivity contribution is 0.0196. The summed E-state index contributed by atoms with van der Waals surface area (Å²) in [5.74, 6) is 0.817. The molecule has 0 aromatic carbocycles. The molecular formula is C18H25N3O2. The monoisotopic (exact) mass is 315 g/mol. The Balaban J connectivity index is 1.45. The highest BCUT2D eigenvalue weighted by Gasteiger charge is 2.36. The second-order valence-corrected chi connectivity index (χ2v) is 7.00. The van der Waals surface area contributed by atoms with Crippen molar-refractivity contribution in [2.75, 3.05) is 13.2 Å².